The fourth-order valence-electron chi connectivity index (χ4n) is 3.02. The van der Waals surface area contributed by atoms with Crippen molar-refractivity contribution in [1.82, 2.24) is 9.88 Å². The van der Waals surface area contributed by atoms with E-state index in [0.29, 0.717) is 0 Å². The van der Waals surface area contributed by atoms with E-state index in [1.807, 2.05) is 57.3 Å². The van der Waals surface area contributed by atoms with Gasteiger partial charge >= 0.3 is 0 Å². The van der Waals surface area contributed by atoms with Gasteiger partial charge in [-0.15, -0.1) is 0 Å². The molecule has 0 fully saturated rings. The lowest BCUT2D eigenvalue weighted by atomic mass is 10.0. The lowest BCUT2D eigenvalue weighted by molar-refractivity contribution is -0.124. The van der Waals surface area contributed by atoms with Gasteiger partial charge in [-0.2, -0.15) is 0 Å². The summed E-state index contributed by atoms with van der Waals surface area (Å²) >= 11 is 0. The highest BCUT2D eigenvalue weighted by atomic mass is 16.2. The average molecular weight is 320 g/mol. The van der Waals surface area contributed by atoms with Crippen LogP contribution in [0.4, 0.5) is 0 Å². The second-order valence-electron chi connectivity index (χ2n) is 7.34. The van der Waals surface area contributed by atoms with Crippen molar-refractivity contribution in [2.24, 2.45) is 0 Å². The third-order valence-electron chi connectivity index (χ3n) is 4.02. The van der Waals surface area contributed by atoms with Gasteiger partial charge in [-0.3, -0.25) is 4.79 Å². The highest BCUT2D eigenvalue weighted by Gasteiger charge is 2.26. The van der Waals surface area contributed by atoms with E-state index in [0.717, 1.165) is 16.5 Å². The summed E-state index contributed by atoms with van der Waals surface area (Å²) in [4.78, 5) is 13.0. The molecule has 0 radical (unpaired) electrons. The summed E-state index contributed by atoms with van der Waals surface area (Å²) < 4.78 is 2.06. The molecular formula is C21H24N2O. The Morgan fingerprint density at radius 1 is 1.04 bits per heavy atom. The van der Waals surface area contributed by atoms with Crippen LogP contribution in [0.15, 0.2) is 60.8 Å². The molecule has 1 aromatic heterocycles. The highest BCUT2D eigenvalue weighted by Crippen LogP contribution is 2.26. The van der Waals surface area contributed by atoms with Crippen molar-refractivity contribution in [1.29, 1.82) is 0 Å². The Bertz CT molecular complexity index is 856. The molecule has 1 heterocycles. The second-order valence-corrected chi connectivity index (χ2v) is 7.34. The number of nitrogens with zero attached hydrogens (tertiary/aromatic N) is 1. The molecule has 1 amide bonds. The predicted molar refractivity (Wildman–Crippen MR) is 99.2 cm³/mol. The molecule has 1 atom stereocenters. The van der Waals surface area contributed by atoms with E-state index in [1.54, 1.807) is 0 Å². The van der Waals surface area contributed by atoms with Gasteiger partial charge in [-0.05, 0) is 56.8 Å². The molecule has 24 heavy (non-hydrogen) atoms. The van der Waals surface area contributed by atoms with Gasteiger partial charge in [0.15, 0.2) is 0 Å². The van der Waals surface area contributed by atoms with Gasteiger partial charge in [-0.1, -0.05) is 42.0 Å². The van der Waals surface area contributed by atoms with Crippen LogP contribution in [0.25, 0.3) is 10.9 Å². The molecule has 3 rings (SSSR count). The van der Waals surface area contributed by atoms with Gasteiger partial charge in [0, 0.05) is 17.3 Å². The van der Waals surface area contributed by atoms with Crippen LogP contribution in [-0.2, 0) is 4.79 Å². The number of aryl methyl sites for hydroxylation is 1. The molecule has 0 spiro atoms. The summed E-state index contributed by atoms with van der Waals surface area (Å²) in [7, 11) is 0. The zero-order valence-electron chi connectivity index (χ0n) is 14.7. The van der Waals surface area contributed by atoms with Crippen molar-refractivity contribution in [3.8, 4) is 0 Å². The second kappa shape index (κ2) is 6.16. The number of hydrogen-bond acceptors (Lipinski definition) is 1. The quantitative estimate of drug-likeness (QED) is 0.760. The van der Waals surface area contributed by atoms with Gasteiger partial charge in [-0.25, -0.2) is 0 Å². The van der Waals surface area contributed by atoms with Crippen molar-refractivity contribution < 1.29 is 4.79 Å². The van der Waals surface area contributed by atoms with Crippen molar-refractivity contribution >= 4 is 16.8 Å². The van der Waals surface area contributed by atoms with Crippen molar-refractivity contribution in [3.05, 3.63) is 71.9 Å². The number of carbonyl (C=O) groups is 1. The molecule has 1 unspecified atom stereocenters. The van der Waals surface area contributed by atoms with Gasteiger partial charge in [0.2, 0.25) is 5.91 Å². The molecule has 1 N–H and O–H groups in total. The molecule has 0 saturated carbocycles. The summed E-state index contributed by atoms with van der Waals surface area (Å²) in [6, 6.07) is 17.9. The predicted octanol–water partition coefficient (Wildman–Crippen LogP) is 4.45. The Hall–Kier alpha value is -2.55. The third kappa shape index (κ3) is 3.35. The molecule has 0 aliphatic heterocycles. The fourth-order valence-corrected chi connectivity index (χ4v) is 3.02. The van der Waals surface area contributed by atoms with Gasteiger partial charge < -0.3 is 9.88 Å². The molecule has 2 aromatic carbocycles. The first-order valence-electron chi connectivity index (χ1n) is 8.29. The molecule has 0 bridgehead atoms. The van der Waals surface area contributed by atoms with Crippen LogP contribution in [-0.4, -0.2) is 16.0 Å². The normalized spacial score (nSPS) is 13.0. The number of rotatable bonds is 3. The van der Waals surface area contributed by atoms with Crippen molar-refractivity contribution in [2.45, 2.75) is 39.3 Å². The molecule has 124 valence electrons. The number of benzene rings is 2. The summed E-state index contributed by atoms with van der Waals surface area (Å²) in [6.45, 7) is 8.09. The maximum Gasteiger partial charge on any atom is 0.248 e. The van der Waals surface area contributed by atoms with Crippen LogP contribution in [0.1, 0.15) is 37.9 Å². The number of aromatic nitrogens is 1. The largest absolute Gasteiger partial charge is 0.349 e. The minimum Gasteiger partial charge on any atom is -0.349 e. The maximum absolute atomic E-state index is 13.0. The molecule has 0 saturated heterocycles. The minimum atomic E-state index is -0.384. The molecule has 0 aliphatic carbocycles. The van der Waals surface area contributed by atoms with Gasteiger partial charge in [0.1, 0.15) is 6.04 Å². The smallest absolute Gasteiger partial charge is 0.248 e. The Morgan fingerprint density at radius 3 is 2.42 bits per heavy atom. The van der Waals surface area contributed by atoms with Crippen LogP contribution in [0.3, 0.4) is 0 Å². The summed E-state index contributed by atoms with van der Waals surface area (Å²) in [5, 5.41) is 4.27. The number of fused-ring (bicyclic) bond motifs is 1. The Balaban J connectivity index is 2.12. The molecule has 3 heteroatoms. The van der Waals surface area contributed by atoms with E-state index in [1.165, 1.54) is 5.56 Å². The Morgan fingerprint density at radius 2 is 1.75 bits per heavy atom. The summed E-state index contributed by atoms with van der Waals surface area (Å²) in [5.41, 5.74) is 3.00. The third-order valence-corrected chi connectivity index (χ3v) is 4.02. The minimum absolute atomic E-state index is 0.00627. The van der Waals surface area contributed by atoms with E-state index >= 15 is 0 Å². The van der Waals surface area contributed by atoms with E-state index in [4.69, 9.17) is 0 Å². The lowest BCUT2D eigenvalue weighted by Gasteiger charge is -2.26. The zero-order valence-corrected chi connectivity index (χ0v) is 14.7. The van der Waals surface area contributed by atoms with Crippen LogP contribution >= 0.6 is 0 Å². The molecule has 3 nitrogen and oxygen atoms in total. The number of carbonyl (C=O) groups excluding carboxylic acids is 1. The SMILES string of the molecule is Cc1ccc2c(ccn2C(C(=O)NC(C)(C)C)c2ccccc2)c1. The first-order valence-corrected chi connectivity index (χ1v) is 8.29. The highest BCUT2D eigenvalue weighted by molar-refractivity contribution is 5.88. The van der Waals surface area contributed by atoms with E-state index in [-0.39, 0.29) is 17.5 Å². The number of hydrogen-bond donors (Lipinski definition) is 1. The van der Waals surface area contributed by atoms with E-state index in [9.17, 15) is 4.79 Å². The van der Waals surface area contributed by atoms with Crippen LogP contribution < -0.4 is 5.32 Å². The first-order chi connectivity index (χ1) is 11.3. The van der Waals surface area contributed by atoms with E-state index in [2.05, 4.69) is 41.1 Å². The topological polar surface area (TPSA) is 34.0 Å². The maximum atomic E-state index is 13.0. The number of nitrogens with one attached hydrogen (secondary N) is 1. The number of amides is 1. The first kappa shape index (κ1) is 16.3. The summed E-state index contributed by atoms with van der Waals surface area (Å²) in [5.74, 6) is 0.00627. The van der Waals surface area contributed by atoms with Crippen LogP contribution in [0.2, 0.25) is 0 Å². The average Bonchev–Trinajstić information content (AvgIpc) is 2.89. The summed E-state index contributed by atoms with van der Waals surface area (Å²) in [6.07, 6.45) is 2.00. The Kier molecular flexibility index (Phi) is 4.18. The zero-order chi connectivity index (χ0) is 17.3. The van der Waals surface area contributed by atoms with Crippen molar-refractivity contribution in [2.75, 3.05) is 0 Å². The molecule has 3 aromatic rings. The molecule has 0 aliphatic rings. The monoisotopic (exact) mass is 320 g/mol. The molecular weight excluding hydrogens is 296 g/mol. The van der Waals surface area contributed by atoms with Crippen LogP contribution in [0.5, 0.6) is 0 Å². The lowest BCUT2D eigenvalue weighted by Crippen LogP contribution is -2.44. The standard InChI is InChI=1S/C21H24N2O/c1-15-10-11-18-17(14-15)12-13-23(18)19(16-8-6-5-7-9-16)20(24)22-21(2,3)4/h5-14,19H,1-4H3,(H,22,24). The van der Waals surface area contributed by atoms with Gasteiger partial charge in [0.05, 0.1) is 0 Å². The Labute approximate surface area is 143 Å². The van der Waals surface area contributed by atoms with Gasteiger partial charge in [0.25, 0.3) is 0 Å². The van der Waals surface area contributed by atoms with E-state index < -0.39 is 0 Å². The van der Waals surface area contributed by atoms with Crippen molar-refractivity contribution in [3.63, 3.8) is 0 Å². The van der Waals surface area contributed by atoms with Crippen LogP contribution in [0, 0.1) is 6.92 Å². The fraction of sp³-hybridized carbons (Fsp3) is 0.286.